The largest absolute Gasteiger partial charge is 0.350 e. The van der Waals surface area contributed by atoms with E-state index in [1.54, 1.807) is 36.4 Å². The summed E-state index contributed by atoms with van der Waals surface area (Å²) in [6.07, 6.45) is 0.238. The molecule has 0 bridgehead atoms. The van der Waals surface area contributed by atoms with Gasteiger partial charge in [-0.05, 0) is 81.1 Å². The smallest absolute Gasteiger partial charge is 0.264 e. The molecule has 0 aliphatic heterocycles. The molecule has 0 aliphatic carbocycles. The summed E-state index contributed by atoms with van der Waals surface area (Å²) in [4.78, 5) is 30.1. The Morgan fingerprint density at radius 2 is 1.42 bits per heavy atom. The van der Waals surface area contributed by atoms with Gasteiger partial charge in [0.15, 0.2) is 0 Å². The van der Waals surface area contributed by atoms with Gasteiger partial charge in [-0.1, -0.05) is 90.5 Å². The van der Waals surface area contributed by atoms with Crippen molar-refractivity contribution in [2.24, 2.45) is 0 Å². The van der Waals surface area contributed by atoms with Gasteiger partial charge < -0.3 is 10.2 Å². The fourth-order valence-corrected chi connectivity index (χ4v) is 6.57. The number of rotatable bonds is 11. The van der Waals surface area contributed by atoms with Crippen molar-refractivity contribution in [3.8, 4) is 0 Å². The molecule has 0 radical (unpaired) electrons. The summed E-state index contributed by atoms with van der Waals surface area (Å²) >= 11 is 6.45. The zero-order chi connectivity index (χ0) is 32.8. The highest BCUT2D eigenvalue weighted by molar-refractivity contribution is 7.92. The Hall–Kier alpha value is -4.14. The maximum atomic E-state index is 14.6. The monoisotopic (exact) mass is 645 g/mol. The van der Waals surface area contributed by atoms with Crippen LogP contribution >= 0.6 is 11.6 Å². The fraction of sp³-hybridized carbons (Fsp3) is 0.278. The van der Waals surface area contributed by atoms with Crippen molar-refractivity contribution in [2.45, 2.75) is 64.1 Å². The number of nitrogens with zero attached hydrogens (tertiary/aromatic N) is 2. The minimum atomic E-state index is -4.20. The van der Waals surface area contributed by atoms with Crippen molar-refractivity contribution in [3.05, 3.63) is 130 Å². The van der Waals surface area contributed by atoms with Crippen molar-refractivity contribution in [2.75, 3.05) is 10.8 Å². The summed E-state index contributed by atoms with van der Waals surface area (Å²) in [5.74, 6) is -0.858. The molecule has 0 saturated heterocycles. The summed E-state index contributed by atoms with van der Waals surface area (Å²) in [7, 11) is -4.20. The molecule has 4 rings (SSSR count). The molecule has 1 N–H and O–H groups in total. The van der Waals surface area contributed by atoms with Crippen LogP contribution in [0, 0.1) is 13.8 Å². The number of hydrogen-bond acceptors (Lipinski definition) is 4. The van der Waals surface area contributed by atoms with E-state index in [0.717, 1.165) is 26.6 Å². The number of nitrogens with one attached hydrogen (secondary N) is 1. The van der Waals surface area contributed by atoms with E-state index < -0.39 is 34.1 Å². The molecule has 45 heavy (non-hydrogen) atoms. The third-order valence-electron chi connectivity index (χ3n) is 7.42. The van der Waals surface area contributed by atoms with Gasteiger partial charge in [0.1, 0.15) is 12.6 Å². The SMILES string of the molecule is Cc1ccc(N(CC(=O)N(Cc2ccccc2C)[C@H](Cc2ccccc2)C(=O)NC(C)(C)C)S(=O)(=O)c2ccccc2)cc1Cl. The minimum absolute atomic E-state index is 0.0336. The third-order valence-corrected chi connectivity index (χ3v) is 9.62. The second-order valence-electron chi connectivity index (χ2n) is 12.2. The Morgan fingerprint density at radius 1 is 0.822 bits per heavy atom. The van der Waals surface area contributed by atoms with Crippen LogP contribution in [-0.4, -0.2) is 43.3 Å². The van der Waals surface area contributed by atoms with Crippen LogP contribution in [0.3, 0.4) is 0 Å². The number of benzene rings is 4. The Balaban J connectivity index is 1.84. The summed E-state index contributed by atoms with van der Waals surface area (Å²) in [6.45, 7) is 8.97. The number of halogens is 1. The van der Waals surface area contributed by atoms with Gasteiger partial charge in [-0.25, -0.2) is 8.42 Å². The maximum absolute atomic E-state index is 14.6. The predicted molar refractivity (Wildman–Crippen MR) is 181 cm³/mol. The number of aryl methyl sites for hydroxylation is 2. The summed E-state index contributed by atoms with van der Waals surface area (Å²) in [6, 6.07) is 29.1. The molecule has 0 unspecified atom stereocenters. The first kappa shape index (κ1) is 33.7. The van der Waals surface area contributed by atoms with Gasteiger partial charge >= 0.3 is 0 Å². The quantitative estimate of drug-likeness (QED) is 0.197. The van der Waals surface area contributed by atoms with E-state index in [9.17, 15) is 18.0 Å². The van der Waals surface area contributed by atoms with E-state index in [0.29, 0.717) is 5.02 Å². The molecule has 0 heterocycles. The van der Waals surface area contributed by atoms with Gasteiger partial charge in [-0.3, -0.25) is 13.9 Å². The first-order valence-electron chi connectivity index (χ1n) is 14.8. The molecular weight excluding hydrogens is 606 g/mol. The van der Waals surface area contributed by atoms with Crippen LogP contribution < -0.4 is 9.62 Å². The van der Waals surface area contributed by atoms with Gasteiger partial charge in [0.2, 0.25) is 11.8 Å². The number of carbonyl (C=O) groups excluding carboxylic acids is 2. The maximum Gasteiger partial charge on any atom is 0.264 e. The highest BCUT2D eigenvalue weighted by Gasteiger charge is 2.35. The van der Waals surface area contributed by atoms with E-state index in [-0.39, 0.29) is 29.5 Å². The molecule has 4 aromatic carbocycles. The van der Waals surface area contributed by atoms with Crippen LogP contribution in [0.5, 0.6) is 0 Å². The molecule has 0 fully saturated rings. The first-order valence-corrected chi connectivity index (χ1v) is 16.6. The van der Waals surface area contributed by atoms with Gasteiger partial charge in [0, 0.05) is 23.5 Å². The zero-order valence-corrected chi connectivity index (χ0v) is 27.9. The summed E-state index contributed by atoms with van der Waals surface area (Å²) in [5.41, 5.74) is 3.12. The second kappa shape index (κ2) is 14.3. The van der Waals surface area contributed by atoms with Gasteiger partial charge in [-0.15, -0.1) is 0 Å². The standard InChI is InChI=1S/C36H40ClN3O4S/c1-26-14-12-13-17-29(26)24-39(33(35(42)38-36(3,4)5)22-28-15-8-6-9-16-28)34(41)25-40(30-21-20-27(2)32(37)23-30)45(43,44)31-18-10-7-11-19-31/h6-21,23,33H,22,24-25H2,1-5H3,(H,38,42)/t33-/m1/s1. The van der Waals surface area contributed by atoms with Gasteiger partial charge in [0.05, 0.1) is 10.6 Å². The van der Waals surface area contributed by atoms with Crippen LogP contribution in [0.25, 0.3) is 0 Å². The molecule has 1 atom stereocenters. The molecule has 0 spiro atoms. The van der Waals surface area contributed by atoms with E-state index in [2.05, 4.69) is 5.32 Å². The molecule has 7 nitrogen and oxygen atoms in total. The average molecular weight is 646 g/mol. The third kappa shape index (κ3) is 8.74. The Kier molecular flexibility index (Phi) is 10.7. The molecule has 0 aliphatic rings. The lowest BCUT2D eigenvalue weighted by atomic mass is 10.00. The van der Waals surface area contributed by atoms with Gasteiger partial charge in [-0.2, -0.15) is 0 Å². The van der Waals surface area contributed by atoms with E-state index in [1.165, 1.54) is 17.0 Å². The lowest BCUT2D eigenvalue weighted by Gasteiger charge is -2.35. The first-order chi connectivity index (χ1) is 21.3. The molecule has 2 amide bonds. The van der Waals surface area contributed by atoms with Crippen LogP contribution in [0.1, 0.15) is 43.0 Å². The fourth-order valence-electron chi connectivity index (χ4n) is 4.96. The minimum Gasteiger partial charge on any atom is -0.350 e. The number of amides is 2. The lowest BCUT2D eigenvalue weighted by molar-refractivity contribution is -0.140. The van der Waals surface area contributed by atoms with E-state index in [1.807, 2.05) is 89.2 Å². The topological polar surface area (TPSA) is 86.8 Å². The second-order valence-corrected chi connectivity index (χ2v) is 14.4. The van der Waals surface area contributed by atoms with E-state index >= 15 is 0 Å². The zero-order valence-electron chi connectivity index (χ0n) is 26.3. The van der Waals surface area contributed by atoms with Crippen molar-refractivity contribution in [1.82, 2.24) is 10.2 Å². The van der Waals surface area contributed by atoms with Crippen molar-refractivity contribution in [3.63, 3.8) is 0 Å². The number of hydrogen-bond donors (Lipinski definition) is 1. The highest BCUT2D eigenvalue weighted by Crippen LogP contribution is 2.29. The average Bonchev–Trinajstić information content (AvgIpc) is 3.00. The number of sulfonamides is 1. The molecular formula is C36H40ClN3O4S. The normalized spacial score (nSPS) is 12.3. The Morgan fingerprint density at radius 3 is 2.02 bits per heavy atom. The van der Waals surface area contributed by atoms with Crippen LogP contribution in [0.15, 0.2) is 108 Å². The van der Waals surface area contributed by atoms with Crippen molar-refractivity contribution in [1.29, 1.82) is 0 Å². The number of carbonyl (C=O) groups is 2. The highest BCUT2D eigenvalue weighted by atomic mass is 35.5. The summed E-state index contributed by atoms with van der Waals surface area (Å²) in [5, 5.41) is 3.42. The Bertz CT molecular complexity index is 1740. The summed E-state index contributed by atoms with van der Waals surface area (Å²) < 4.78 is 29.3. The molecule has 9 heteroatoms. The van der Waals surface area contributed by atoms with Crippen LogP contribution in [0.2, 0.25) is 5.02 Å². The molecule has 0 aromatic heterocycles. The van der Waals surface area contributed by atoms with Crippen LogP contribution in [-0.2, 0) is 32.6 Å². The van der Waals surface area contributed by atoms with Crippen molar-refractivity contribution < 1.29 is 18.0 Å². The van der Waals surface area contributed by atoms with Gasteiger partial charge in [0.25, 0.3) is 10.0 Å². The number of anilines is 1. The molecule has 4 aromatic rings. The molecule has 0 saturated carbocycles. The van der Waals surface area contributed by atoms with Crippen molar-refractivity contribution >= 4 is 39.1 Å². The molecule has 236 valence electrons. The lowest BCUT2D eigenvalue weighted by Crippen LogP contribution is -2.56. The Labute approximate surface area is 271 Å². The predicted octanol–water partition coefficient (Wildman–Crippen LogP) is 6.71. The van der Waals surface area contributed by atoms with Crippen LogP contribution in [0.4, 0.5) is 5.69 Å². The van der Waals surface area contributed by atoms with E-state index in [4.69, 9.17) is 11.6 Å².